The molecule has 0 amide bonds. The first-order valence-corrected chi connectivity index (χ1v) is 9.12. The van der Waals surface area contributed by atoms with E-state index in [4.69, 9.17) is 9.47 Å². The SMILES string of the molecule is OC(CN1CCN(c2nccs2)CC1)c1ccc2c(c1)OCCO2. The molecule has 0 radical (unpaired) electrons. The lowest BCUT2D eigenvalue weighted by molar-refractivity contribution is 0.108. The molecule has 1 saturated heterocycles. The molecule has 1 fully saturated rings. The number of rotatable bonds is 4. The van der Waals surface area contributed by atoms with Gasteiger partial charge >= 0.3 is 0 Å². The highest BCUT2D eigenvalue weighted by atomic mass is 32.1. The number of thiazole rings is 1. The zero-order chi connectivity index (χ0) is 16.4. The third-order valence-electron chi connectivity index (χ3n) is 4.44. The van der Waals surface area contributed by atoms with Gasteiger partial charge < -0.3 is 19.5 Å². The van der Waals surface area contributed by atoms with E-state index in [9.17, 15) is 5.11 Å². The highest BCUT2D eigenvalue weighted by Gasteiger charge is 2.22. The van der Waals surface area contributed by atoms with E-state index in [0.717, 1.165) is 48.4 Å². The van der Waals surface area contributed by atoms with Crippen molar-refractivity contribution >= 4 is 16.5 Å². The molecule has 2 aliphatic heterocycles. The van der Waals surface area contributed by atoms with Gasteiger partial charge in [-0.2, -0.15) is 0 Å². The number of anilines is 1. The number of nitrogens with zero attached hydrogens (tertiary/aromatic N) is 3. The number of piperazine rings is 1. The molecule has 128 valence electrons. The molecule has 1 aromatic carbocycles. The van der Waals surface area contributed by atoms with Crippen LogP contribution in [0.3, 0.4) is 0 Å². The lowest BCUT2D eigenvalue weighted by Crippen LogP contribution is -2.47. The molecule has 0 spiro atoms. The van der Waals surface area contributed by atoms with Gasteiger partial charge in [-0.1, -0.05) is 6.07 Å². The molecule has 1 atom stereocenters. The molecular formula is C17H21N3O3S. The van der Waals surface area contributed by atoms with Crippen LogP contribution in [0.2, 0.25) is 0 Å². The maximum Gasteiger partial charge on any atom is 0.185 e. The number of aromatic nitrogens is 1. The predicted molar refractivity (Wildman–Crippen MR) is 93.2 cm³/mol. The summed E-state index contributed by atoms with van der Waals surface area (Å²) in [4.78, 5) is 8.97. The smallest absolute Gasteiger partial charge is 0.185 e. The summed E-state index contributed by atoms with van der Waals surface area (Å²) in [7, 11) is 0. The van der Waals surface area contributed by atoms with Gasteiger partial charge in [-0.15, -0.1) is 11.3 Å². The molecule has 4 rings (SSSR count). The van der Waals surface area contributed by atoms with Crippen molar-refractivity contribution in [1.82, 2.24) is 9.88 Å². The largest absolute Gasteiger partial charge is 0.486 e. The van der Waals surface area contributed by atoms with Crippen molar-refractivity contribution in [2.75, 3.05) is 50.8 Å². The minimum absolute atomic E-state index is 0.521. The maximum atomic E-state index is 10.6. The zero-order valence-corrected chi connectivity index (χ0v) is 14.2. The number of hydrogen-bond acceptors (Lipinski definition) is 7. The fourth-order valence-corrected chi connectivity index (χ4v) is 3.81. The summed E-state index contributed by atoms with van der Waals surface area (Å²) >= 11 is 1.68. The average molecular weight is 347 g/mol. The molecule has 1 N–H and O–H groups in total. The van der Waals surface area contributed by atoms with Gasteiger partial charge in [0.15, 0.2) is 16.6 Å². The van der Waals surface area contributed by atoms with E-state index in [1.807, 2.05) is 29.8 Å². The fourth-order valence-electron chi connectivity index (χ4n) is 3.11. The van der Waals surface area contributed by atoms with Crippen LogP contribution >= 0.6 is 11.3 Å². The first-order valence-electron chi connectivity index (χ1n) is 8.24. The molecule has 0 aliphatic carbocycles. The Morgan fingerprint density at radius 3 is 2.67 bits per heavy atom. The van der Waals surface area contributed by atoms with E-state index in [2.05, 4.69) is 14.8 Å². The lowest BCUT2D eigenvalue weighted by Gasteiger charge is -2.35. The Morgan fingerprint density at radius 1 is 1.12 bits per heavy atom. The van der Waals surface area contributed by atoms with Crippen molar-refractivity contribution in [2.45, 2.75) is 6.10 Å². The quantitative estimate of drug-likeness (QED) is 0.910. The van der Waals surface area contributed by atoms with Crippen LogP contribution in [0.1, 0.15) is 11.7 Å². The van der Waals surface area contributed by atoms with E-state index in [-0.39, 0.29) is 0 Å². The van der Waals surface area contributed by atoms with Crippen molar-refractivity contribution in [3.8, 4) is 11.5 Å². The van der Waals surface area contributed by atoms with Crippen LogP contribution in [-0.4, -0.2) is 60.9 Å². The molecule has 0 saturated carbocycles. The van der Waals surface area contributed by atoms with Crippen LogP contribution in [-0.2, 0) is 0 Å². The molecule has 6 nitrogen and oxygen atoms in total. The number of benzene rings is 1. The topological polar surface area (TPSA) is 58.1 Å². The Labute approximate surface area is 145 Å². The van der Waals surface area contributed by atoms with E-state index in [0.29, 0.717) is 19.8 Å². The van der Waals surface area contributed by atoms with E-state index in [1.54, 1.807) is 11.3 Å². The monoisotopic (exact) mass is 347 g/mol. The van der Waals surface area contributed by atoms with Crippen molar-refractivity contribution in [2.24, 2.45) is 0 Å². The molecule has 2 aromatic rings. The van der Waals surface area contributed by atoms with Gasteiger partial charge in [-0.05, 0) is 17.7 Å². The van der Waals surface area contributed by atoms with Gasteiger partial charge in [-0.3, -0.25) is 4.90 Å². The van der Waals surface area contributed by atoms with Crippen LogP contribution in [0.15, 0.2) is 29.8 Å². The minimum Gasteiger partial charge on any atom is -0.486 e. The second kappa shape index (κ2) is 6.96. The molecule has 0 bridgehead atoms. The number of β-amino-alcohol motifs (C(OH)–C–C–N with tert-alkyl or cyclic N) is 1. The van der Waals surface area contributed by atoms with E-state index < -0.39 is 6.10 Å². The molecule has 24 heavy (non-hydrogen) atoms. The molecule has 1 aromatic heterocycles. The zero-order valence-electron chi connectivity index (χ0n) is 13.4. The normalized spacial score (nSPS) is 19.3. The summed E-state index contributed by atoms with van der Waals surface area (Å²) in [6.07, 6.45) is 1.32. The first-order chi connectivity index (χ1) is 11.8. The molecule has 2 aliphatic rings. The van der Waals surface area contributed by atoms with Crippen LogP contribution in [0.25, 0.3) is 0 Å². The van der Waals surface area contributed by atoms with Gasteiger partial charge in [0.05, 0.1) is 6.10 Å². The van der Waals surface area contributed by atoms with E-state index in [1.165, 1.54) is 0 Å². The second-order valence-corrected chi connectivity index (χ2v) is 6.89. The summed E-state index contributed by atoms with van der Waals surface area (Å²) in [5, 5.41) is 13.7. The molecular weight excluding hydrogens is 326 g/mol. The van der Waals surface area contributed by atoms with Crippen molar-refractivity contribution in [3.63, 3.8) is 0 Å². The van der Waals surface area contributed by atoms with Crippen LogP contribution in [0, 0.1) is 0 Å². The third kappa shape index (κ3) is 3.33. The Morgan fingerprint density at radius 2 is 1.92 bits per heavy atom. The number of fused-ring (bicyclic) bond motifs is 1. The molecule has 3 heterocycles. The van der Waals surface area contributed by atoms with Crippen LogP contribution < -0.4 is 14.4 Å². The van der Waals surface area contributed by atoms with Crippen molar-refractivity contribution < 1.29 is 14.6 Å². The summed E-state index contributed by atoms with van der Waals surface area (Å²) in [6, 6.07) is 5.70. The van der Waals surface area contributed by atoms with Gasteiger partial charge in [0, 0.05) is 44.3 Å². The minimum atomic E-state index is -0.521. The number of aliphatic hydroxyl groups excluding tert-OH is 1. The fraction of sp³-hybridized carbons (Fsp3) is 0.471. The Hall–Kier alpha value is -1.83. The summed E-state index contributed by atoms with van der Waals surface area (Å²) < 4.78 is 11.1. The van der Waals surface area contributed by atoms with Gasteiger partial charge in [0.2, 0.25) is 0 Å². The third-order valence-corrected chi connectivity index (χ3v) is 5.28. The summed E-state index contributed by atoms with van der Waals surface area (Å²) in [5.74, 6) is 1.49. The Balaban J connectivity index is 1.34. The Bertz CT molecular complexity index is 672. The van der Waals surface area contributed by atoms with Crippen molar-refractivity contribution in [1.29, 1.82) is 0 Å². The predicted octanol–water partition coefficient (Wildman–Crippen LogP) is 1.77. The summed E-state index contributed by atoms with van der Waals surface area (Å²) in [6.45, 7) is 5.53. The molecule has 1 unspecified atom stereocenters. The van der Waals surface area contributed by atoms with Crippen LogP contribution in [0.4, 0.5) is 5.13 Å². The maximum absolute atomic E-state index is 10.6. The van der Waals surface area contributed by atoms with Crippen molar-refractivity contribution in [3.05, 3.63) is 35.3 Å². The number of aliphatic hydroxyl groups is 1. The lowest BCUT2D eigenvalue weighted by atomic mass is 10.1. The Kier molecular flexibility index (Phi) is 4.55. The molecule has 7 heteroatoms. The van der Waals surface area contributed by atoms with Gasteiger partial charge in [0.1, 0.15) is 13.2 Å². The standard InChI is InChI=1S/C17H21N3O3S/c21-14(13-1-2-15-16(11-13)23-9-8-22-15)12-19-4-6-20(7-5-19)17-18-3-10-24-17/h1-3,10-11,14,21H,4-9,12H2. The average Bonchev–Trinajstić information content (AvgIpc) is 3.16. The first kappa shape index (κ1) is 15.7. The van der Waals surface area contributed by atoms with E-state index >= 15 is 0 Å². The number of hydrogen-bond donors (Lipinski definition) is 1. The number of ether oxygens (including phenoxy) is 2. The highest BCUT2D eigenvalue weighted by Crippen LogP contribution is 2.33. The second-order valence-electron chi connectivity index (χ2n) is 6.02. The summed E-state index contributed by atoms with van der Waals surface area (Å²) in [5.41, 5.74) is 0.876. The van der Waals surface area contributed by atoms with Gasteiger partial charge in [-0.25, -0.2) is 4.98 Å². The van der Waals surface area contributed by atoms with Crippen LogP contribution in [0.5, 0.6) is 11.5 Å². The van der Waals surface area contributed by atoms with Gasteiger partial charge in [0.25, 0.3) is 0 Å². The highest BCUT2D eigenvalue weighted by molar-refractivity contribution is 7.13.